The zero-order valence-electron chi connectivity index (χ0n) is 22.4. The fourth-order valence-corrected chi connectivity index (χ4v) is 6.17. The van der Waals surface area contributed by atoms with E-state index in [1.54, 1.807) is 0 Å². The minimum atomic E-state index is -0.230. The van der Waals surface area contributed by atoms with E-state index >= 15 is 0 Å². The van der Waals surface area contributed by atoms with Crippen molar-refractivity contribution >= 4 is 18.4 Å². The Balaban J connectivity index is 0.00000342. The minimum Gasteiger partial charge on any atom is -0.487 e. The van der Waals surface area contributed by atoms with Crippen molar-refractivity contribution in [2.45, 2.75) is 110 Å². The molecule has 2 unspecified atom stereocenters. The van der Waals surface area contributed by atoms with E-state index in [-0.39, 0.29) is 29.9 Å². The largest absolute Gasteiger partial charge is 0.487 e. The standard InChI is InChI=1S/C30H45NO3.ClH/c1-5-6-8-12-23-20-26(33-28(32)13-11-18-31-16-9-7-10-17-31)29-24-19-22(2)14-15-25(24)30(3,4)34-27(29)21-23;/h19-21,24-25H,5-18H2,1-4H3;1H. The maximum atomic E-state index is 13.0. The average molecular weight is 504 g/mol. The number of benzene rings is 1. The van der Waals surface area contributed by atoms with Gasteiger partial charge in [-0.3, -0.25) is 4.79 Å². The van der Waals surface area contributed by atoms with Crippen molar-refractivity contribution in [1.29, 1.82) is 0 Å². The quantitative estimate of drug-likeness (QED) is 0.150. The van der Waals surface area contributed by atoms with Crippen LogP contribution in [0.25, 0.3) is 0 Å². The van der Waals surface area contributed by atoms with Gasteiger partial charge in [0.1, 0.15) is 17.1 Å². The van der Waals surface area contributed by atoms with Crippen LogP contribution in [0, 0.1) is 5.92 Å². The van der Waals surface area contributed by atoms with E-state index in [2.05, 4.69) is 50.8 Å². The summed E-state index contributed by atoms with van der Waals surface area (Å²) in [5.41, 5.74) is 3.50. The highest BCUT2D eigenvalue weighted by molar-refractivity contribution is 5.85. The Hall–Kier alpha value is -1.52. The van der Waals surface area contributed by atoms with Gasteiger partial charge in [0, 0.05) is 23.8 Å². The number of nitrogens with zero attached hydrogens (tertiary/aromatic N) is 1. The Kier molecular flexibility index (Phi) is 10.1. The third kappa shape index (κ3) is 7.04. The molecule has 2 atom stereocenters. The molecule has 1 saturated heterocycles. The molecule has 196 valence electrons. The van der Waals surface area contributed by atoms with Crippen LogP contribution < -0.4 is 9.47 Å². The number of ether oxygens (including phenoxy) is 2. The lowest BCUT2D eigenvalue weighted by atomic mass is 9.68. The van der Waals surface area contributed by atoms with Crippen LogP contribution in [0.2, 0.25) is 0 Å². The summed E-state index contributed by atoms with van der Waals surface area (Å²) in [5.74, 6) is 2.19. The second-order valence-electron chi connectivity index (χ2n) is 11.3. The number of carbonyl (C=O) groups excluding carboxylic acids is 1. The highest BCUT2D eigenvalue weighted by atomic mass is 35.5. The number of hydrogen-bond donors (Lipinski definition) is 0. The normalized spacial score (nSPS) is 23.3. The van der Waals surface area contributed by atoms with Gasteiger partial charge in [-0.15, -0.1) is 12.4 Å². The number of esters is 1. The molecule has 1 aliphatic carbocycles. The van der Waals surface area contributed by atoms with E-state index in [0.717, 1.165) is 55.7 Å². The van der Waals surface area contributed by atoms with Crippen molar-refractivity contribution < 1.29 is 14.3 Å². The van der Waals surface area contributed by atoms with Crippen LogP contribution in [0.3, 0.4) is 0 Å². The molecule has 0 radical (unpaired) electrons. The van der Waals surface area contributed by atoms with Gasteiger partial charge >= 0.3 is 5.97 Å². The number of allylic oxidation sites excluding steroid dienone is 2. The van der Waals surface area contributed by atoms with Crippen molar-refractivity contribution in [3.8, 4) is 11.5 Å². The summed E-state index contributed by atoms with van der Waals surface area (Å²) in [6.07, 6.45) is 14.4. The number of rotatable bonds is 9. The molecule has 0 N–H and O–H groups in total. The Labute approximate surface area is 219 Å². The highest BCUT2D eigenvalue weighted by Gasteiger charge is 2.45. The molecule has 4 rings (SSSR count). The molecule has 35 heavy (non-hydrogen) atoms. The molecular weight excluding hydrogens is 458 g/mol. The zero-order chi connectivity index (χ0) is 24.1. The Morgan fingerprint density at radius 1 is 1.14 bits per heavy atom. The van der Waals surface area contributed by atoms with Crippen LogP contribution in [-0.4, -0.2) is 36.1 Å². The van der Waals surface area contributed by atoms with Gasteiger partial charge < -0.3 is 14.4 Å². The van der Waals surface area contributed by atoms with E-state index in [1.807, 2.05) is 0 Å². The SMILES string of the molecule is CCCCCc1cc(OC(=O)CCCN2CCCCC2)c2c(c1)OC(C)(C)C1CCC(C)=CC21.Cl. The third-order valence-corrected chi connectivity index (χ3v) is 8.11. The molecule has 2 heterocycles. The number of hydrogen-bond acceptors (Lipinski definition) is 4. The monoisotopic (exact) mass is 503 g/mol. The summed E-state index contributed by atoms with van der Waals surface area (Å²) in [6, 6.07) is 4.35. The summed E-state index contributed by atoms with van der Waals surface area (Å²) in [5, 5.41) is 0. The van der Waals surface area contributed by atoms with E-state index in [1.165, 1.54) is 56.3 Å². The second kappa shape index (κ2) is 12.6. The van der Waals surface area contributed by atoms with Crippen LogP contribution in [0.15, 0.2) is 23.8 Å². The number of halogens is 1. The molecule has 0 bridgehead atoms. The molecule has 1 fully saturated rings. The Morgan fingerprint density at radius 3 is 2.66 bits per heavy atom. The fourth-order valence-electron chi connectivity index (χ4n) is 6.17. The predicted molar refractivity (Wildman–Crippen MR) is 146 cm³/mol. The number of aryl methyl sites for hydroxylation is 1. The van der Waals surface area contributed by atoms with Crippen LogP contribution in [0.1, 0.15) is 109 Å². The van der Waals surface area contributed by atoms with Gasteiger partial charge in [0.2, 0.25) is 0 Å². The number of piperidine rings is 1. The number of unbranched alkanes of at least 4 members (excludes halogenated alkanes) is 2. The summed E-state index contributed by atoms with van der Waals surface area (Å²) in [7, 11) is 0. The highest BCUT2D eigenvalue weighted by Crippen LogP contribution is 2.53. The molecule has 3 aliphatic rings. The smallest absolute Gasteiger partial charge is 0.311 e. The van der Waals surface area contributed by atoms with E-state index in [4.69, 9.17) is 9.47 Å². The van der Waals surface area contributed by atoms with Gasteiger partial charge in [-0.05, 0) is 103 Å². The van der Waals surface area contributed by atoms with Crippen LogP contribution in [0.5, 0.6) is 11.5 Å². The van der Waals surface area contributed by atoms with Gasteiger partial charge in [-0.25, -0.2) is 0 Å². The lowest BCUT2D eigenvalue weighted by molar-refractivity contribution is -0.134. The van der Waals surface area contributed by atoms with E-state index in [9.17, 15) is 4.79 Å². The third-order valence-electron chi connectivity index (χ3n) is 8.11. The minimum absolute atomic E-state index is 0. The maximum absolute atomic E-state index is 13.0. The van der Waals surface area contributed by atoms with Gasteiger partial charge in [0.25, 0.3) is 0 Å². The summed E-state index contributed by atoms with van der Waals surface area (Å²) in [4.78, 5) is 15.5. The average Bonchev–Trinajstić information content (AvgIpc) is 2.79. The van der Waals surface area contributed by atoms with Crippen molar-refractivity contribution in [3.05, 3.63) is 34.9 Å². The van der Waals surface area contributed by atoms with Gasteiger partial charge in [-0.2, -0.15) is 0 Å². The van der Waals surface area contributed by atoms with Crippen LogP contribution >= 0.6 is 12.4 Å². The van der Waals surface area contributed by atoms with Crippen molar-refractivity contribution in [2.24, 2.45) is 5.92 Å². The van der Waals surface area contributed by atoms with E-state index in [0.29, 0.717) is 12.3 Å². The number of carbonyl (C=O) groups is 1. The first kappa shape index (κ1) is 28.1. The van der Waals surface area contributed by atoms with Gasteiger partial charge in [-0.1, -0.05) is 37.8 Å². The molecule has 0 amide bonds. The van der Waals surface area contributed by atoms with Crippen molar-refractivity contribution in [2.75, 3.05) is 19.6 Å². The Morgan fingerprint density at radius 2 is 1.91 bits per heavy atom. The summed E-state index contributed by atoms with van der Waals surface area (Å²) >= 11 is 0. The first-order chi connectivity index (χ1) is 16.4. The van der Waals surface area contributed by atoms with Gasteiger partial charge in [0.15, 0.2) is 0 Å². The van der Waals surface area contributed by atoms with Crippen LogP contribution in [0.4, 0.5) is 0 Å². The molecule has 0 saturated carbocycles. The molecular formula is C30H46ClNO3. The first-order valence-electron chi connectivity index (χ1n) is 13.8. The van der Waals surface area contributed by atoms with Crippen LogP contribution in [-0.2, 0) is 11.2 Å². The molecule has 2 aliphatic heterocycles. The van der Waals surface area contributed by atoms with Crippen molar-refractivity contribution in [3.63, 3.8) is 0 Å². The lowest BCUT2D eigenvalue weighted by Gasteiger charge is -2.46. The summed E-state index contributed by atoms with van der Waals surface area (Å²) < 4.78 is 12.8. The zero-order valence-corrected chi connectivity index (χ0v) is 23.2. The summed E-state index contributed by atoms with van der Waals surface area (Å²) in [6.45, 7) is 12.2. The molecule has 1 aromatic rings. The predicted octanol–water partition coefficient (Wildman–Crippen LogP) is 7.62. The van der Waals surface area contributed by atoms with E-state index < -0.39 is 0 Å². The second-order valence-corrected chi connectivity index (χ2v) is 11.3. The maximum Gasteiger partial charge on any atom is 0.311 e. The van der Waals surface area contributed by atoms with Gasteiger partial charge in [0.05, 0.1) is 0 Å². The molecule has 0 aromatic heterocycles. The Bertz CT molecular complexity index is 888. The number of likely N-dealkylation sites (tertiary alicyclic amines) is 1. The fraction of sp³-hybridized carbons (Fsp3) is 0.700. The van der Waals surface area contributed by atoms with Crippen molar-refractivity contribution in [1.82, 2.24) is 4.90 Å². The molecule has 5 heteroatoms. The number of fused-ring (bicyclic) bond motifs is 3. The molecule has 0 spiro atoms. The molecule has 1 aromatic carbocycles. The molecule has 4 nitrogen and oxygen atoms in total. The first-order valence-corrected chi connectivity index (χ1v) is 13.8. The lowest BCUT2D eigenvalue weighted by Crippen LogP contribution is -2.45. The topological polar surface area (TPSA) is 38.8 Å².